The van der Waals surface area contributed by atoms with E-state index in [2.05, 4.69) is 4.98 Å². The molecule has 0 spiro atoms. The largest absolute Gasteiger partial charge is 0.358 e. The van der Waals surface area contributed by atoms with Crippen molar-refractivity contribution in [3.05, 3.63) is 35.0 Å². The second kappa shape index (κ2) is 3.52. The number of hydrogen-bond donors (Lipinski definition) is 1. The van der Waals surface area contributed by atoms with Gasteiger partial charge in [0, 0.05) is 11.6 Å². The van der Waals surface area contributed by atoms with Gasteiger partial charge in [-0.25, -0.2) is 17.6 Å². The van der Waals surface area contributed by atoms with E-state index in [-0.39, 0.29) is 12.0 Å². The summed E-state index contributed by atoms with van der Waals surface area (Å²) in [6.45, 7) is 0. The standard InChI is InChI=1S/C10H4F4N2/c11-6-5-4(1-2-15)3-16-10(5)9(14)8(13)7(6)12/h3,16H,1H2. The molecule has 2 aromatic rings. The first kappa shape index (κ1) is 10.5. The number of aromatic nitrogens is 1. The molecule has 0 atom stereocenters. The fraction of sp³-hybridized carbons (Fsp3) is 0.100. The van der Waals surface area contributed by atoms with E-state index in [4.69, 9.17) is 5.26 Å². The summed E-state index contributed by atoms with van der Waals surface area (Å²) < 4.78 is 52.3. The van der Waals surface area contributed by atoms with E-state index in [1.54, 1.807) is 6.07 Å². The molecule has 2 rings (SSSR count). The average molecular weight is 228 g/mol. The van der Waals surface area contributed by atoms with Gasteiger partial charge >= 0.3 is 0 Å². The predicted octanol–water partition coefficient (Wildman–Crippen LogP) is 2.79. The molecule has 0 bridgehead atoms. The van der Waals surface area contributed by atoms with Crippen LogP contribution in [0.5, 0.6) is 0 Å². The van der Waals surface area contributed by atoms with Crippen molar-refractivity contribution in [2.24, 2.45) is 0 Å². The number of nitrogens with zero attached hydrogens (tertiary/aromatic N) is 1. The summed E-state index contributed by atoms with van der Waals surface area (Å²) in [6, 6.07) is 1.72. The zero-order chi connectivity index (χ0) is 11.9. The Bertz CT molecular complexity index is 610. The number of nitrogens with one attached hydrogen (secondary N) is 1. The normalized spacial score (nSPS) is 10.7. The van der Waals surface area contributed by atoms with Gasteiger partial charge in [-0.1, -0.05) is 0 Å². The van der Waals surface area contributed by atoms with Crippen molar-refractivity contribution >= 4 is 10.9 Å². The van der Waals surface area contributed by atoms with E-state index in [0.29, 0.717) is 0 Å². The van der Waals surface area contributed by atoms with Crippen LogP contribution in [0.2, 0.25) is 0 Å². The summed E-state index contributed by atoms with van der Waals surface area (Å²) in [5.41, 5.74) is -0.380. The van der Waals surface area contributed by atoms with Crippen LogP contribution in [0.25, 0.3) is 10.9 Å². The summed E-state index contributed by atoms with van der Waals surface area (Å²) in [5.74, 6) is -6.71. The van der Waals surface area contributed by atoms with E-state index in [1.165, 1.54) is 0 Å². The zero-order valence-electron chi connectivity index (χ0n) is 7.74. The summed E-state index contributed by atoms with van der Waals surface area (Å²) in [7, 11) is 0. The number of aromatic amines is 1. The van der Waals surface area contributed by atoms with Gasteiger partial charge in [-0.15, -0.1) is 0 Å². The third kappa shape index (κ3) is 1.25. The van der Waals surface area contributed by atoms with Gasteiger partial charge in [-0.05, 0) is 5.56 Å². The van der Waals surface area contributed by atoms with E-state index in [9.17, 15) is 17.6 Å². The molecule has 82 valence electrons. The Morgan fingerprint density at radius 3 is 2.31 bits per heavy atom. The maximum atomic E-state index is 13.3. The molecule has 2 nitrogen and oxygen atoms in total. The minimum atomic E-state index is -1.87. The minimum Gasteiger partial charge on any atom is -0.358 e. The lowest BCUT2D eigenvalue weighted by Gasteiger charge is -2.01. The highest BCUT2D eigenvalue weighted by molar-refractivity contribution is 5.85. The quantitative estimate of drug-likeness (QED) is 0.455. The van der Waals surface area contributed by atoms with Crippen LogP contribution in [0.1, 0.15) is 5.56 Å². The van der Waals surface area contributed by atoms with Crippen molar-refractivity contribution in [2.45, 2.75) is 6.42 Å². The van der Waals surface area contributed by atoms with Gasteiger partial charge < -0.3 is 4.98 Å². The highest BCUT2D eigenvalue weighted by atomic mass is 19.2. The molecule has 0 fully saturated rings. The SMILES string of the molecule is N#CCc1c[nH]c2c(F)c(F)c(F)c(F)c12. The van der Waals surface area contributed by atoms with Crippen LogP contribution in [-0.4, -0.2) is 4.98 Å². The maximum absolute atomic E-state index is 13.3. The van der Waals surface area contributed by atoms with E-state index in [1.807, 2.05) is 0 Å². The second-order valence-corrected chi connectivity index (χ2v) is 3.15. The average Bonchev–Trinajstić information content (AvgIpc) is 2.68. The molecule has 1 N–H and O–H groups in total. The third-order valence-electron chi connectivity index (χ3n) is 2.25. The van der Waals surface area contributed by atoms with Crippen LogP contribution in [0, 0.1) is 34.6 Å². The molecule has 0 saturated carbocycles. The zero-order valence-corrected chi connectivity index (χ0v) is 7.74. The van der Waals surface area contributed by atoms with E-state index in [0.717, 1.165) is 6.20 Å². The Balaban J connectivity index is 2.90. The first-order valence-corrected chi connectivity index (χ1v) is 4.26. The van der Waals surface area contributed by atoms with Crippen molar-refractivity contribution in [2.75, 3.05) is 0 Å². The van der Waals surface area contributed by atoms with Gasteiger partial charge in [0.25, 0.3) is 0 Å². The topological polar surface area (TPSA) is 39.6 Å². The Hall–Kier alpha value is -2.03. The molecule has 0 aliphatic carbocycles. The Morgan fingerprint density at radius 1 is 1.06 bits per heavy atom. The summed E-state index contributed by atoms with van der Waals surface area (Å²) in [4.78, 5) is 2.28. The Labute approximate surface area is 87.1 Å². The number of hydrogen-bond acceptors (Lipinski definition) is 1. The summed E-state index contributed by atoms with van der Waals surface area (Å²) in [5, 5.41) is 8.02. The van der Waals surface area contributed by atoms with Gasteiger partial charge in [-0.2, -0.15) is 5.26 Å². The number of nitriles is 1. The molecule has 16 heavy (non-hydrogen) atoms. The number of benzene rings is 1. The Morgan fingerprint density at radius 2 is 1.69 bits per heavy atom. The van der Waals surface area contributed by atoms with E-state index < -0.39 is 34.2 Å². The van der Waals surface area contributed by atoms with Gasteiger partial charge in [0.05, 0.1) is 18.0 Å². The first-order chi connectivity index (χ1) is 7.57. The highest BCUT2D eigenvalue weighted by Gasteiger charge is 2.23. The van der Waals surface area contributed by atoms with Crippen molar-refractivity contribution in [1.29, 1.82) is 5.26 Å². The van der Waals surface area contributed by atoms with Crippen molar-refractivity contribution < 1.29 is 17.6 Å². The summed E-state index contributed by atoms with van der Waals surface area (Å²) in [6.07, 6.45) is 0.931. The van der Waals surface area contributed by atoms with Crippen molar-refractivity contribution in [1.82, 2.24) is 4.98 Å². The molecule has 0 amide bonds. The lowest BCUT2D eigenvalue weighted by atomic mass is 10.1. The highest BCUT2D eigenvalue weighted by Crippen LogP contribution is 2.28. The van der Waals surface area contributed by atoms with E-state index >= 15 is 0 Å². The molecular weight excluding hydrogens is 224 g/mol. The molecule has 0 radical (unpaired) electrons. The molecule has 0 aliphatic heterocycles. The first-order valence-electron chi connectivity index (χ1n) is 4.26. The lowest BCUT2D eigenvalue weighted by molar-refractivity contribution is 0.417. The fourth-order valence-electron chi connectivity index (χ4n) is 1.52. The van der Waals surface area contributed by atoms with Crippen LogP contribution in [-0.2, 0) is 6.42 Å². The minimum absolute atomic E-state index is 0.0906. The molecule has 0 aliphatic rings. The maximum Gasteiger partial charge on any atom is 0.199 e. The molecular formula is C10H4F4N2. The van der Waals surface area contributed by atoms with Crippen LogP contribution < -0.4 is 0 Å². The number of H-pyrrole nitrogens is 1. The molecule has 6 heteroatoms. The Kier molecular flexibility index (Phi) is 2.31. The summed E-state index contributed by atoms with van der Waals surface area (Å²) >= 11 is 0. The van der Waals surface area contributed by atoms with Gasteiger partial charge in [-0.3, -0.25) is 0 Å². The predicted molar refractivity (Wildman–Crippen MR) is 47.4 cm³/mol. The number of halogens is 4. The molecule has 0 saturated heterocycles. The van der Waals surface area contributed by atoms with Gasteiger partial charge in [0.1, 0.15) is 0 Å². The molecule has 1 aromatic carbocycles. The third-order valence-corrected chi connectivity index (χ3v) is 2.25. The van der Waals surface area contributed by atoms with Crippen molar-refractivity contribution in [3.63, 3.8) is 0 Å². The van der Waals surface area contributed by atoms with Crippen LogP contribution in [0.3, 0.4) is 0 Å². The van der Waals surface area contributed by atoms with Crippen LogP contribution in [0.15, 0.2) is 6.20 Å². The van der Waals surface area contributed by atoms with Gasteiger partial charge in [0.15, 0.2) is 23.3 Å². The molecule has 1 aromatic heterocycles. The smallest absolute Gasteiger partial charge is 0.199 e. The second-order valence-electron chi connectivity index (χ2n) is 3.15. The monoisotopic (exact) mass is 228 g/mol. The molecule has 0 unspecified atom stereocenters. The fourth-order valence-corrected chi connectivity index (χ4v) is 1.52. The number of fused-ring (bicyclic) bond motifs is 1. The lowest BCUT2D eigenvalue weighted by Crippen LogP contribution is -1.97. The van der Waals surface area contributed by atoms with Crippen LogP contribution in [0.4, 0.5) is 17.6 Å². The molecule has 1 heterocycles. The van der Waals surface area contributed by atoms with Gasteiger partial charge in [0.2, 0.25) is 0 Å². The number of rotatable bonds is 1. The van der Waals surface area contributed by atoms with Crippen LogP contribution >= 0.6 is 0 Å². The van der Waals surface area contributed by atoms with Crippen molar-refractivity contribution in [3.8, 4) is 6.07 Å².